The number of amides is 1. The Morgan fingerprint density at radius 3 is 1.81 bits per heavy atom. The van der Waals surface area contributed by atoms with Gasteiger partial charge in [0.15, 0.2) is 11.5 Å². The van der Waals surface area contributed by atoms with Gasteiger partial charge >= 0.3 is 0 Å². The van der Waals surface area contributed by atoms with Gasteiger partial charge in [-0.3, -0.25) is 4.79 Å². The summed E-state index contributed by atoms with van der Waals surface area (Å²) in [5.74, 6) is 1.17. The summed E-state index contributed by atoms with van der Waals surface area (Å²) in [5.41, 5.74) is 2.51. The highest BCUT2D eigenvalue weighted by molar-refractivity contribution is 6.05. The van der Waals surface area contributed by atoms with Crippen LogP contribution in [0.25, 0.3) is 0 Å². The molecule has 0 aliphatic heterocycles. The molecule has 7 heteroatoms. The third-order valence-electron chi connectivity index (χ3n) is 4.33. The number of carbonyl (C=O) groups excluding carboxylic acids is 1. The number of azo groups is 1. The molecule has 0 spiro atoms. The average Bonchev–Trinajstić information content (AvgIpc) is 2.81. The Balaban J connectivity index is 1.76. The van der Waals surface area contributed by atoms with Gasteiger partial charge in [-0.15, -0.1) is 0 Å². The van der Waals surface area contributed by atoms with Crippen molar-refractivity contribution in [2.45, 2.75) is 20.8 Å². The highest BCUT2D eigenvalue weighted by Gasteiger charge is 2.18. The van der Waals surface area contributed by atoms with Gasteiger partial charge < -0.3 is 19.5 Å². The Morgan fingerprint density at radius 2 is 1.28 bits per heavy atom. The van der Waals surface area contributed by atoms with Crippen molar-refractivity contribution in [2.75, 3.05) is 25.1 Å². The fourth-order valence-corrected chi connectivity index (χ4v) is 2.94. The molecule has 166 valence electrons. The Kier molecular flexibility index (Phi) is 8.20. The summed E-state index contributed by atoms with van der Waals surface area (Å²) in [5, 5.41) is 11.3. The van der Waals surface area contributed by atoms with Gasteiger partial charge in [0.1, 0.15) is 0 Å². The van der Waals surface area contributed by atoms with Crippen molar-refractivity contribution in [3.8, 4) is 17.2 Å². The summed E-state index contributed by atoms with van der Waals surface area (Å²) in [6.07, 6.45) is 0. The lowest BCUT2D eigenvalue weighted by Crippen LogP contribution is -2.13. The van der Waals surface area contributed by atoms with Crippen molar-refractivity contribution in [1.82, 2.24) is 0 Å². The first-order valence-corrected chi connectivity index (χ1v) is 10.6. The number of ether oxygens (including phenoxy) is 3. The first kappa shape index (κ1) is 22.8. The van der Waals surface area contributed by atoms with E-state index in [0.717, 1.165) is 5.69 Å². The minimum absolute atomic E-state index is 0.284. The molecule has 0 saturated carbocycles. The summed E-state index contributed by atoms with van der Waals surface area (Å²) >= 11 is 0. The van der Waals surface area contributed by atoms with Crippen LogP contribution in [-0.4, -0.2) is 25.7 Å². The quantitative estimate of drug-likeness (QED) is 0.368. The molecular formula is C25H27N3O4. The fraction of sp³-hybridized carbons (Fsp3) is 0.240. The summed E-state index contributed by atoms with van der Waals surface area (Å²) in [6.45, 7) is 6.97. The molecular weight excluding hydrogens is 406 g/mol. The lowest BCUT2D eigenvalue weighted by Gasteiger charge is -2.17. The molecule has 3 rings (SSSR count). The number of hydrogen-bond donors (Lipinski definition) is 1. The number of nitrogens with one attached hydrogen (secondary N) is 1. The molecule has 0 fully saturated rings. The summed E-state index contributed by atoms with van der Waals surface area (Å²) < 4.78 is 17.1. The number of benzene rings is 3. The van der Waals surface area contributed by atoms with Gasteiger partial charge in [0.25, 0.3) is 5.91 Å². The van der Waals surface area contributed by atoms with E-state index >= 15 is 0 Å². The molecule has 32 heavy (non-hydrogen) atoms. The van der Waals surface area contributed by atoms with Crippen molar-refractivity contribution >= 4 is 23.0 Å². The zero-order valence-corrected chi connectivity index (χ0v) is 18.5. The molecule has 1 amide bonds. The molecule has 0 radical (unpaired) electrons. The molecule has 0 aromatic heterocycles. The van der Waals surface area contributed by atoms with Crippen molar-refractivity contribution < 1.29 is 19.0 Å². The van der Waals surface area contributed by atoms with E-state index in [9.17, 15) is 4.79 Å². The van der Waals surface area contributed by atoms with Crippen molar-refractivity contribution in [2.24, 2.45) is 10.2 Å². The largest absolute Gasteiger partial charge is 0.490 e. The summed E-state index contributed by atoms with van der Waals surface area (Å²) in [6, 6.07) is 19.9. The van der Waals surface area contributed by atoms with Gasteiger partial charge in [-0.05, 0) is 69.3 Å². The summed E-state index contributed by atoms with van der Waals surface area (Å²) in [4.78, 5) is 12.9. The highest BCUT2D eigenvalue weighted by Crippen LogP contribution is 2.39. The zero-order valence-electron chi connectivity index (χ0n) is 18.5. The van der Waals surface area contributed by atoms with Crippen LogP contribution in [-0.2, 0) is 0 Å². The van der Waals surface area contributed by atoms with Crippen LogP contribution in [0.4, 0.5) is 17.1 Å². The summed E-state index contributed by atoms with van der Waals surface area (Å²) in [7, 11) is 0. The lowest BCUT2D eigenvalue weighted by molar-refractivity contribution is 0.102. The van der Waals surface area contributed by atoms with Crippen LogP contribution in [0.5, 0.6) is 17.2 Å². The van der Waals surface area contributed by atoms with Crippen LogP contribution >= 0.6 is 0 Å². The normalized spacial score (nSPS) is 10.7. The molecule has 1 N–H and O–H groups in total. The standard InChI is InChI=1S/C25H27N3O4/c1-4-30-22-16-18(17-23(31-5-2)24(22)32-6-3)25(29)26-19-12-14-21(15-13-19)28-27-20-10-8-7-9-11-20/h7-17H,4-6H2,1-3H3,(H,26,29). The fourth-order valence-electron chi connectivity index (χ4n) is 2.94. The van der Waals surface area contributed by atoms with Gasteiger partial charge in [0, 0.05) is 11.3 Å². The van der Waals surface area contributed by atoms with E-state index in [4.69, 9.17) is 14.2 Å². The first-order chi connectivity index (χ1) is 15.6. The number of rotatable bonds is 10. The molecule has 0 saturated heterocycles. The number of anilines is 1. The Hall–Kier alpha value is -3.87. The van der Waals surface area contributed by atoms with Gasteiger partial charge in [0.05, 0.1) is 31.2 Å². The van der Waals surface area contributed by atoms with Crippen LogP contribution in [0, 0.1) is 0 Å². The smallest absolute Gasteiger partial charge is 0.255 e. The van der Waals surface area contributed by atoms with E-state index in [1.165, 1.54) is 0 Å². The van der Waals surface area contributed by atoms with E-state index < -0.39 is 0 Å². The molecule has 3 aromatic rings. The first-order valence-electron chi connectivity index (χ1n) is 10.6. The molecule has 0 unspecified atom stereocenters. The predicted molar refractivity (Wildman–Crippen MR) is 125 cm³/mol. The van der Waals surface area contributed by atoms with Gasteiger partial charge in [-0.25, -0.2) is 0 Å². The maximum Gasteiger partial charge on any atom is 0.255 e. The number of nitrogens with zero attached hydrogens (tertiary/aromatic N) is 2. The maximum absolute atomic E-state index is 12.9. The molecule has 0 aliphatic rings. The Bertz CT molecular complexity index is 1020. The second-order valence-corrected chi connectivity index (χ2v) is 6.64. The van der Waals surface area contributed by atoms with E-state index in [2.05, 4.69) is 15.5 Å². The zero-order chi connectivity index (χ0) is 22.8. The van der Waals surface area contributed by atoms with Crippen LogP contribution < -0.4 is 19.5 Å². The average molecular weight is 434 g/mol. The molecule has 3 aromatic carbocycles. The highest BCUT2D eigenvalue weighted by atomic mass is 16.5. The molecule has 7 nitrogen and oxygen atoms in total. The van der Waals surface area contributed by atoms with E-state index in [1.54, 1.807) is 36.4 Å². The predicted octanol–water partition coefficient (Wildman–Crippen LogP) is 6.55. The van der Waals surface area contributed by atoms with E-state index in [1.807, 2.05) is 51.1 Å². The Labute approximate surface area is 188 Å². The minimum atomic E-state index is -0.284. The van der Waals surface area contributed by atoms with Gasteiger partial charge in [0.2, 0.25) is 5.75 Å². The van der Waals surface area contributed by atoms with Crippen LogP contribution in [0.2, 0.25) is 0 Å². The third-order valence-corrected chi connectivity index (χ3v) is 4.33. The maximum atomic E-state index is 12.9. The van der Waals surface area contributed by atoms with Crippen molar-refractivity contribution in [1.29, 1.82) is 0 Å². The van der Waals surface area contributed by atoms with Crippen molar-refractivity contribution in [3.63, 3.8) is 0 Å². The van der Waals surface area contributed by atoms with Gasteiger partial charge in [-0.1, -0.05) is 18.2 Å². The minimum Gasteiger partial charge on any atom is -0.490 e. The van der Waals surface area contributed by atoms with Crippen LogP contribution in [0.15, 0.2) is 77.0 Å². The number of hydrogen-bond acceptors (Lipinski definition) is 6. The second-order valence-electron chi connectivity index (χ2n) is 6.64. The van der Waals surface area contributed by atoms with Crippen molar-refractivity contribution in [3.05, 3.63) is 72.3 Å². The van der Waals surface area contributed by atoms with E-state index in [-0.39, 0.29) is 5.91 Å². The lowest BCUT2D eigenvalue weighted by atomic mass is 10.1. The molecule has 0 heterocycles. The second kappa shape index (κ2) is 11.5. The third kappa shape index (κ3) is 6.07. The number of carbonyl (C=O) groups is 1. The van der Waals surface area contributed by atoms with E-state index in [0.29, 0.717) is 54.0 Å². The topological polar surface area (TPSA) is 81.5 Å². The van der Waals surface area contributed by atoms with Crippen LogP contribution in [0.3, 0.4) is 0 Å². The SMILES string of the molecule is CCOc1cc(C(=O)Nc2ccc(N=Nc3ccccc3)cc2)cc(OCC)c1OCC. The van der Waals surface area contributed by atoms with Crippen LogP contribution in [0.1, 0.15) is 31.1 Å². The van der Waals surface area contributed by atoms with Gasteiger partial charge in [-0.2, -0.15) is 10.2 Å². The molecule has 0 atom stereocenters. The monoisotopic (exact) mass is 433 g/mol. The molecule has 0 bridgehead atoms. The molecule has 0 aliphatic carbocycles. The Morgan fingerprint density at radius 1 is 0.750 bits per heavy atom.